The van der Waals surface area contributed by atoms with Gasteiger partial charge < -0.3 is 10.2 Å². The molecule has 1 heterocycles. The summed E-state index contributed by atoms with van der Waals surface area (Å²) in [4.78, 5) is 0. The zero-order valence-corrected chi connectivity index (χ0v) is 8.83. The fraction of sp³-hybridized carbons (Fsp3) is 0.667. The molecule has 0 aliphatic heterocycles. The molecule has 2 nitrogen and oxygen atoms in total. The summed E-state index contributed by atoms with van der Waals surface area (Å²) in [6.07, 6.45) is 8.12. The molecule has 1 aliphatic carbocycles. The van der Waals surface area contributed by atoms with Crippen LogP contribution >= 0.6 is 0 Å². The van der Waals surface area contributed by atoms with Crippen LogP contribution in [0.3, 0.4) is 0 Å². The molecule has 78 valence electrons. The van der Waals surface area contributed by atoms with E-state index in [-0.39, 0.29) is 6.04 Å². The largest absolute Gasteiger partial charge is 0.468 e. The molecule has 1 aromatic heterocycles. The Kier molecular flexibility index (Phi) is 2.64. The van der Waals surface area contributed by atoms with Crippen molar-refractivity contribution in [3.8, 4) is 0 Å². The molecule has 1 fully saturated rings. The lowest BCUT2D eigenvalue weighted by Crippen LogP contribution is -2.20. The summed E-state index contributed by atoms with van der Waals surface area (Å²) in [5, 5.41) is 0. The summed E-state index contributed by atoms with van der Waals surface area (Å²) in [5.41, 5.74) is 6.56. The van der Waals surface area contributed by atoms with Crippen molar-refractivity contribution < 1.29 is 4.42 Å². The summed E-state index contributed by atoms with van der Waals surface area (Å²) >= 11 is 0. The molecule has 2 rings (SSSR count). The SMILES string of the molecule is CC1(CC(N)c2ccco2)CCCC1. The third-order valence-electron chi connectivity index (χ3n) is 3.43. The monoisotopic (exact) mass is 193 g/mol. The number of nitrogens with two attached hydrogens (primary N) is 1. The maximum Gasteiger partial charge on any atom is 0.120 e. The molecule has 0 saturated heterocycles. The first kappa shape index (κ1) is 9.78. The molecule has 14 heavy (non-hydrogen) atoms. The van der Waals surface area contributed by atoms with Crippen LogP contribution in [-0.2, 0) is 0 Å². The van der Waals surface area contributed by atoms with Gasteiger partial charge in [0.05, 0.1) is 12.3 Å². The molecule has 0 bridgehead atoms. The molecule has 2 heteroatoms. The summed E-state index contributed by atoms with van der Waals surface area (Å²) in [6, 6.07) is 3.96. The minimum Gasteiger partial charge on any atom is -0.468 e. The predicted octanol–water partition coefficient (Wildman–Crippen LogP) is 3.25. The van der Waals surface area contributed by atoms with E-state index in [9.17, 15) is 0 Å². The van der Waals surface area contributed by atoms with E-state index in [4.69, 9.17) is 10.2 Å². The normalized spacial score (nSPS) is 22.4. The van der Waals surface area contributed by atoms with Gasteiger partial charge in [-0.15, -0.1) is 0 Å². The minimum atomic E-state index is 0.0769. The average Bonchev–Trinajstić information content (AvgIpc) is 2.74. The average molecular weight is 193 g/mol. The van der Waals surface area contributed by atoms with Crippen LogP contribution in [0, 0.1) is 5.41 Å². The van der Waals surface area contributed by atoms with Crippen LogP contribution < -0.4 is 5.73 Å². The van der Waals surface area contributed by atoms with Crippen LogP contribution in [0.5, 0.6) is 0 Å². The van der Waals surface area contributed by atoms with Gasteiger partial charge in [0.1, 0.15) is 5.76 Å². The Hall–Kier alpha value is -0.760. The second kappa shape index (κ2) is 3.77. The number of hydrogen-bond acceptors (Lipinski definition) is 2. The molecule has 1 atom stereocenters. The van der Waals surface area contributed by atoms with Gasteiger partial charge in [0.2, 0.25) is 0 Å². The van der Waals surface area contributed by atoms with E-state index in [2.05, 4.69) is 6.92 Å². The third-order valence-corrected chi connectivity index (χ3v) is 3.43. The van der Waals surface area contributed by atoms with Gasteiger partial charge in [-0.2, -0.15) is 0 Å². The first-order valence-electron chi connectivity index (χ1n) is 5.49. The van der Waals surface area contributed by atoms with Gasteiger partial charge in [-0.05, 0) is 36.8 Å². The highest BCUT2D eigenvalue weighted by atomic mass is 16.3. The van der Waals surface area contributed by atoms with Crippen LogP contribution in [-0.4, -0.2) is 0 Å². The van der Waals surface area contributed by atoms with Gasteiger partial charge in [-0.1, -0.05) is 19.8 Å². The first-order chi connectivity index (χ1) is 6.70. The van der Waals surface area contributed by atoms with Crippen LogP contribution in [0.25, 0.3) is 0 Å². The topological polar surface area (TPSA) is 39.2 Å². The molecule has 0 amide bonds. The molecule has 1 saturated carbocycles. The molecule has 0 aromatic carbocycles. The zero-order valence-electron chi connectivity index (χ0n) is 8.83. The quantitative estimate of drug-likeness (QED) is 0.800. The van der Waals surface area contributed by atoms with Crippen LogP contribution in [0.4, 0.5) is 0 Å². The van der Waals surface area contributed by atoms with E-state index in [1.165, 1.54) is 25.7 Å². The maximum absolute atomic E-state index is 6.11. The van der Waals surface area contributed by atoms with Crippen LogP contribution in [0.1, 0.15) is 50.8 Å². The number of rotatable bonds is 3. The molecular weight excluding hydrogens is 174 g/mol. The van der Waals surface area contributed by atoms with Gasteiger partial charge >= 0.3 is 0 Å². The number of hydrogen-bond donors (Lipinski definition) is 1. The van der Waals surface area contributed by atoms with Crippen molar-refractivity contribution in [1.82, 2.24) is 0 Å². The zero-order chi connectivity index (χ0) is 10.0. The fourth-order valence-corrected chi connectivity index (χ4v) is 2.57. The van der Waals surface area contributed by atoms with Crippen molar-refractivity contribution in [3.05, 3.63) is 24.2 Å². The Bertz CT molecular complexity index is 273. The van der Waals surface area contributed by atoms with E-state index in [1.54, 1.807) is 6.26 Å². The number of furan rings is 1. The molecule has 0 spiro atoms. The summed E-state index contributed by atoms with van der Waals surface area (Å²) < 4.78 is 5.33. The summed E-state index contributed by atoms with van der Waals surface area (Å²) in [6.45, 7) is 2.35. The van der Waals surface area contributed by atoms with Gasteiger partial charge in [0.15, 0.2) is 0 Å². The van der Waals surface area contributed by atoms with Gasteiger partial charge in [-0.3, -0.25) is 0 Å². The van der Waals surface area contributed by atoms with Crippen molar-refractivity contribution >= 4 is 0 Å². The lowest BCUT2D eigenvalue weighted by Gasteiger charge is -2.26. The standard InChI is InChI=1S/C12H19NO/c1-12(6-2-3-7-12)9-10(13)11-5-4-8-14-11/h4-5,8,10H,2-3,6-7,9,13H2,1H3. The Morgan fingerprint density at radius 2 is 2.21 bits per heavy atom. The molecule has 1 aromatic rings. The van der Waals surface area contributed by atoms with Gasteiger partial charge in [-0.25, -0.2) is 0 Å². The minimum absolute atomic E-state index is 0.0769. The molecule has 1 unspecified atom stereocenters. The third kappa shape index (κ3) is 2.01. The first-order valence-corrected chi connectivity index (χ1v) is 5.49. The van der Waals surface area contributed by atoms with E-state index in [0.717, 1.165) is 12.2 Å². The maximum atomic E-state index is 6.11. The second-order valence-electron chi connectivity index (χ2n) is 4.84. The molecular formula is C12H19NO. The van der Waals surface area contributed by atoms with Crippen molar-refractivity contribution in [2.45, 2.75) is 45.1 Å². The summed E-state index contributed by atoms with van der Waals surface area (Å²) in [5.74, 6) is 0.929. The Balaban J connectivity index is 1.97. The lowest BCUT2D eigenvalue weighted by molar-refractivity contribution is 0.267. The fourth-order valence-electron chi connectivity index (χ4n) is 2.57. The highest BCUT2D eigenvalue weighted by Gasteiger charge is 2.31. The molecule has 0 radical (unpaired) electrons. The van der Waals surface area contributed by atoms with E-state index in [0.29, 0.717) is 5.41 Å². The predicted molar refractivity (Wildman–Crippen MR) is 56.8 cm³/mol. The van der Waals surface area contributed by atoms with Crippen LogP contribution in [0.15, 0.2) is 22.8 Å². The van der Waals surface area contributed by atoms with Crippen molar-refractivity contribution in [3.63, 3.8) is 0 Å². The summed E-state index contributed by atoms with van der Waals surface area (Å²) in [7, 11) is 0. The highest BCUT2D eigenvalue weighted by Crippen LogP contribution is 2.43. The van der Waals surface area contributed by atoms with Crippen molar-refractivity contribution in [2.24, 2.45) is 11.1 Å². The Morgan fingerprint density at radius 1 is 1.50 bits per heavy atom. The molecule has 1 aliphatic rings. The van der Waals surface area contributed by atoms with Gasteiger partial charge in [0.25, 0.3) is 0 Å². The van der Waals surface area contributed by atoms with Crippen molar-refractivity contribution in [1.29, 1.82) is 0 Å². The van der Waals surface area contributed by atoms with Crippen molar-refractivity contribution in [2.75, 3.05) is 0 Å². The highest BCUT2D eigenvalue weighted by molar-refractivity contribution is 5.04. The Morgan fingerprint density at radius 3 is 2.79 bits per heavy atom. The van der Waals surface area contributed by atoms with E-state index < -0.39 is 0 Å². The molecule has 2 N–H and O–H groups in total. The van der Waals surface area contributed by atoms with Crippen LogP contribution in [0.2, 0.25) is 0 Å². The second-order valence-corrected chi connectivity index (χ2v) is 4.84. The smallest absolute Gasteiger partial charge is 0.120 e. The van der Waals surface area contributed by atoms with E-state index >= 15 is 0 Å². The lowest BCUT2D eigenvalue weighted by atomic mass is 9.82. The Labute approximate surface area is 85.5 Å². The van der Waals surface area contributed by atoms with Gasteiger partial charge in [0, 0.05) is 0 Å². The van der Waals surface area contributed by atoms with E-state index in [1.807, 2.05) is 12.1 Å².